The van der Waals surface area contributed by atoms with E-state index >= 15 is 0 Å². The van der Waals surface area contributed by atoms with Gasteiger partial charge in [0.2, 0.25) is 0 Å². The summed E-state index contributed by atoms with van der Waals surface area (Å²) in [5, 5.41) is 2.09. The van der Waals surface area contributed by atoms with Gasteiger partial charge in [0.25, 0.3) is 0 Å². The van der Waals surface area contributed by atoms with Crippen molar-refractivity contribution >= 4 is 27.3 Å². The lowest BCUT2D eigenvalue weighted by atomic mass is 10.0. The van der Waals surface area contributed by atoms with Crippen molar-refractivity contribution in [2.45, 2.75) is 18.9 Å². The van der Waals surface area contributed by atoms with E-state index < -0.39 is 0 Å². The molecule has 1 atom stereocenters. The second-order valence-corrected chi connectivity index (χ2v) is 6.16. The van der Waals surface area contributed by atoms with Gasteiger partial charge in [0.15, 0.2) is 0 Å². The van der Waals surface area contributed by atoms with E-state index in [2.05, 4.69) is 39.5 Å². The summed E-state index contributed by atoms with van der Waals surface area (Å²) in [5.74, 6) is 0.884. The fourth-order valence-corrected chi connectivity index (χ4v) is 3.40. The Kier molecular flexibility index (Phi) is 4.80. The molecule has 0 bridgehead atoms. The van der Waals surface area contributed by atoms with E-state index in [9.17, 15) is 0 Å². The van der Waals surface area contributed by atoms with E-state index in [4.69, 9.17) is 10.5 Å². The van der Waals surface area contributed by atoms with Gasteiger partial charge in [0, 0.05) is 20.8 Å². The standard InChI is InChI=1S/C14H16BrNOS/c1-17-13-4-2-10(3-5-13)6-12(16)8-14-7-11(15)9-18-14/h2-5,7,9,12H,6,8,16H2,1H3. The highest BCUT2D eigenvalue weighted by Crippen LogP contribution is 2.21. The van der Waals surface area contributed by atoms with Crippen LogP contribution in [0.2, 0.25) is 0 Å². The van der Waals surface area contributed by atoms with Crippen molar-refractivity contribution in [2.75, 3.05) is 7.11 Å². The molecule has 0 saturated carbocycles. The highest BCUT2D eigenvalue weighted by Gasteiger charge is 2.07. The fraction of sp³-hybridized carbons (Fsp3) is 0.286. The summed E-state index contributed by atoms with van der Waals surface area (Å²) in [6.07, 6.45) is 1.81. The monoisotopic (exact) mass is 325 g/mol. The van der Waals surface area contributed by atoms with Crippen LogP contribution in [-0.4, -0.2) is 13.2 Å². The number of benzene rings is 1. The van der Waals surface area contributed by atoms with E-state index in [1.807, 2.05) is 12.1 Å². The Bertz CT molecular complexity index is 495. The molecular formula is C14H16BrNOS. The smallest absolute Gasteiger partial charge is 0.118 e. The third-order valence-corrected chi connectivity index (χ3v) is 4.46. The molecule has 18 heavy (non-hydrogen) atoms. The summed E-state index contributed by atoms with van der Waals surface area (Å²) in [5.41, 5.74) is 7.43. The molecular weight excluding hydrogens is 310 g/mol. The summed E-state index contributed by atoms with van der Waals surface area (Å²) in [6, 6.07) is 10.4. The number of rotatable bonds is 5. The van der Waals surface area contributed by atoms with Gasteiger partial charge in [0.05, 0.1) is 7.11 Å². The maximum atomic E-state index is 6.18. The van der Waals surface area contributed by atoms with Gasteiger partial charge >= 0.3 is 0 Å². The van der Waals surface area contributed by atoms with Crippen LogP contribution < -0.4 is 10.5 Å². The number of halogens is 1. The highest BCUT2D eigenvalue weighted by molar-refractivity contribution is 9.10. The third-order valence-electron chi connectivity index (χ3n) is 2.74. The third kappa shape index (κ3) is 3.83. The molecule has 4 heteroatoms. The highest BCUT2D eigenvalue weighted by atomic mass is 79.9. The van der Waals surface area contributed by atoms with Crippen molar-refractivity contribution in [3.63, 3.8) is 0 Å². The first-order valence-corrected chi connectivity index (χ1v) is 7.46. The SMILES string of the molecule is COc1ccc(CC(N)Cc2cc(Br)cs2)cc1. The Morgan fingerprint density at radius 1 is 1.28 bits per heavy atom. The van der Waals surface area contributed by atoms with Crippen LogP contribution in [0.15, 0.2) is 40.2 Å². The molecule has 0 saturated heterocycles. The van der Waals surface area contributed by atoms with Crippen LogP contribution >= 0.6 is 27.3 Å². The average molecular weight is 326 g/mol. The zero-order chi connectivity index (χ0) is 13.0. The Morgan fingerprint density at radius 2 is 2.00 bits per heavy atom. The molecule has 1 aromatic carbocycles. The van der Waals surface area contributed by atoms with Crippen molar-refractivity contribution < 1.29 is 4.74 Å². The van der Waals surface area contributed by atoms with Gasteiger partial charge in [-0.2, -0.15) is 0 Å². The van der Waals surface area contributed by atoms with E-state index in [0.717, 1.165) is 23.1 Å². The lowest BCUT2D eigenvalue weighted by Gasteiger charge is -2.10. The number of hydrogen-bond acceptors (Lipinski definition) is 3. The van der Waals surface area contributed by atoms with E-state index in [-0.39, 0.29) is 6.04 Å². The molecule has 0 aliphatic rings. The molecule has 0 radical (unpaired) electrons. The lowest BCUT2D eigenvalue weighted by molar-refractivity contribution is 0.414. The van der Waals surface area contributed by atoms with Crippen LogP contribution in [0.4, 0.5) is 0 Å². The van der Waals surface area contributed by atoms with Gasteiger partial charge in [-0.3, -0.25) is 0 Å². The van der Waals surface area contributed by atoms with Crippen molar-refractivity contribution in [1.29, 1.82) is 0 Å². The molecule has 2 aromatic rings. The molecule has 0 fully saturated rings. The molecule has 1 heterocycles. The van der Waals surface area contributed by atoms with Gasteiger partial charge in [-0.15, -0.1) is 11.3 Å². The second kappa shape index (κ2) is 6.36. The van der Waals surface area contributed by atoms with Gasteiger partial charge in [-0.05, 0) is 52.5 Å². The summed E-state index contributed by atoms with van der Waals surface area (Å²) < 4.78 is 6.28. The predicted molar refractivity (Wildman–Crippen MR) is 80.4 cm³/mol. The predicted octanol–water partition coefficient (Wildman–Crippen LogP) is 3.63. The molecule has 2 rings (SSSR count). The van der Waals surface area contributed by atoms with Crippen molar-refractivity contribution in [3.05, 3.63) is 50.6 Å². The summed E-state index contributed by atoms with van der Waals surface area (Å²) >= 11 is 5.21. The van der Waals surface area contributed by atoms with Crippen LogP contribution in [0.5, 0.6) is 5.75 Å². The average Bonchev–Trinajstić information content (AvgIpc) is 2.75. The summed E-state index contributed by atoms with van der Waals surface area (Å²) in [7, 11) is 1.68. The summed E-state index contributed by atoms with van der Waals surface area (Å²) in [6.45, 7) is 0. The zero-order valence-electron chi connectivity index (χ0n) is 10.2. The van der Waals surface area contributed by atoms with E-state index in [1.165, 1.54) is 10.4 Å². The molecule has 0 aliphatic heterocycles. The second-order valence-electron chi connectivity index (χ2n) is 4.25. The van der Waals surface area contributed by atoms with E-state index in [0.29, 0.717) is 0 Å². The Morgan fingerprint density at radius 3 is 2.56 bits per heavy atom. The first-order chi connectivity index (χ1) is 8.67. The minimum absolute atomic E-state index is 0.156. The number of ether oxygens (including phenoxy) is 1. The number of thiophene rings is 1. The molecule has 0 amide bonds. The minimum Gasteiger partial charge on any atom is -0.497 e. The number of nitrogens with two attached hydrogens (primary N) is 1. The van der Waals surface area contributed by atoms with Crippen molar-refractivity contribution in [3.8, 4) is 5.75 Å². The molecule has 2 nitrogen and oxygen atoms in total. The van der Waals surface area contributed by atoms with Crippen LogP contribution in [0, 0.1) is 0 Å². The molecule has 1 aromatic heterocycles. The summed E-state index contributed by atoms with van der Waals surface area (Å²) in [4.78, 5) is 1.32. The van der Waals surface area contributed by atoms with Crippen LogP contribution in [0.1, 0.15) is 10.4 Å². The largest absolute Gasteiger partial charge is 0.497 e. The van der Waals surface area contributed by atoms with E-state index in [1.54, 1.807) is 18.4 Å². The normalized spacial score (nSPS) is 12.4. The molecule has 0 spiro atoms. The quantitative estimate of drug-likeness (QED) is 0.911. The first-order valence-electron chi connectivity index (χ1n) is 5.79. The molecule has 0 aliphatic carbocycles. The maximum absolute atomic E-state index is 6.18. The minimum atomic E-state index is 0.156. The molecule has 2 N–H and O–H groups in total. The van der Waals surface area contributed by atoms with Crippen molar-refractivity contribution in [1.82, 2.24) is 0 Å². The topological polar surface area (TPSA) is 35.2 Å². The molecule has 1 unspecified atom stereocenters. The first kappa shape index (κ1) is 13.6. The Balaban J connectivity index is 1.91. The maximum Gasteiger partial charge on any atom is 0.118 e. The van der Waals surface area contributed by atoms with Crippen LogP contribution in [-0.2, 0) is 12.8 Å². The zero-order valence-corrected chi connectivity index (χ0v) is 12.6. The Hall–Kier alpha value is -0.840. The van der Waals surface area contributed by atoms with Gasteiger partial charge in [-0.25, -0.2) is 0 Å². The Labute approximate surface area is 120 Å². The van der Waals surface area contributed by atoms with Gasteiger partial charge in [0.1, 0.15) is 5.75 Å². The van der Waals surface area contributed by atoms with Gasteiger partial charge < -0.3 is 10.5 Å². The van der Waals surface area contributed by atoms with Crippen LogP contribution in [0.3, 0.4) is 0 Å². The fourth-order valence-electron chi connectivity index (χ4n) is 1.86. The van der Waals surface area contributed by atoms with Crippen LogP contribution in [0.25, 0.3) is 0 Å². The lowest BCUT2D eigenvalue weighted by Crippen LogP contribution is -2.25. The number of hydrogen-bond donors (Lipinski definition) is 1. The van der Waals surface area contributed by atoms with Gasteiger partial charge in [-0.1, -0.05) is 12.1 Å². The number of methoxy groups -OCH3 is 1. The van der Waals surface area contributed by atoms with Crippen molar-refractivity contribution in [2.24, 2.45) is 5.73 Å². The molecule has 96 valence electrons.